The van der Waals surface area contributed by atoms with E-state index in [0.29, 0.717) is 11.4 Å². The van der Waals surface area contributed by atoms with E-state index in [1.807, 2.05) is 0 Å². The fourth-order valence-electron chi connectivity index (χ4n) is 1.54. The van der Waals surface area contributed by atoms with Crippen LogP contribution in [0.2, 0.25) is 0 Å². The average Bonchev–Trinajstić information content (AvgIpc) is 2.46. The Morgan fingerprint density at radius 3 is 2.95 bits per heavy atom. The highest BCUT2D eigenvalue weighted by atomic mass is 16.1. The number of carbonyl (C=O) groups excluding carboxylic acids is 1. The van der Waals surface area contributed by atoms with E-state index < -0.39 is 0 Å². The van der Waals surface area contributed by atoms with Crippen molar-refractivity contribution in [2.45, 2.75) is 13.3 Å². The molecule has 2 aromatic rings. The summed E-state index contributed by atoms with van der Waals surface area (Å²) < 4.78 is 0. The monoisotopic (exact) mass is 257 g/mol. The molecule has 0 fully saturated rings. The molecule has 2 aromatic heterocycles. The zero-order valence-corrected chi connectivity index (χ0v) is 10.6. The number of rotatable bonds is 5. The quantitative estimate of drug-likeness (QED) is 0.855. The lowest BCUT2D eigenvalue weighted by atomic mass is 10.2. The number of hydrogen-bond donors (Lipinski definition) is 2. The van der Waals surface area contributed by atoms with Crippen LogP contribution in [0.15, 0.2) is 36.8 Å². The molecule has 0 aromatic carbocycles. The fourth-order valence-corrected chi connectivity index (χ4v) is 1.54. The van der Waals surface area contributed by atoms with Gasteiger partial charge in [0.2, 0.25) is 0 Å². The van der Waals surface area contributed by atoms with Crippen molar-refractivity contribution in [2.75, 3.05) is 17.2 Å². The van der Waals surface area contributed by atoms with Gasteiger partial charge in [0.1, 0.15) is 0 Å². The standard InChI is InChI=1S/C13H15N5O/c1-2-6-15-11-5-8-14-9-10(11)13(19)17-12-4-3-7-16-18-12/h3-5,7-9H,2,6H2,1H3,(H,14,15)(H,17,18,19). The van der Waals surface area contributed by atoms with Crippen molar-refractivity contribution in [1.82, 2.24) is 15.2 Å². The highest BCUT2D eigenvalue weighted by Gasteiger charge is 2.11. The van der Waals surface area contributed by atoms with Crippen molar-refractivity contribution in [3.63, 3.8) is 0 Å². The van der Waals surface area contributed by atoms with E-state index in [-0.39, 0.29) is 5.91 Å². The predicted molar refractivity (Wildman–Crippen MR) is 73.0 cm³/mol. The third kappa shape index (κ3) is 3.48. The first kappa shape index (κ1) is 12.9. The van der Waals surface area contributed by atoms with Crippen molar-refractivity contribution >= 4 is 17.4 Å². The number of amides is 1. The number of nitrogens with one attached hydrogen (secondary N) is 2. The molecule has 0 aliphatic rings. The van der Waals surface area contributed by atoms with Gasteiger partial charge in [-0.05, 0) is 24.6 Å². The summed E-state index contributed by atoms with van der Waals surface area (Å²) in [6, 6.07) is 5.17. The summed E-state index contributed by atoms with van der Waals surface area (Å²) in [5.74, 6) is 0.157. The number of hydrogen-bond acceptors (Lipinski definition) is 5. The topological polar surface area (TPSA) is 79.8 Å². The molecule has 6 nitrogen and oxygen atoms in total. The molecule has 1 amide bonds. The van der Waals surface area contributed by atoms with Gasteiger partial charge in [-0.25, -0.2) is 0 Å². The van der Waals surface area contributed by atoms with Crippen molar-refractivity contribution in [1.29, 1.82) is 0 Å². The maximum absolute atomic E-state index is 12.1. The van der Waals surface area contributed by atoms with E-state index in [0.717, 1.165) is 18.7 Å². The molecule has 0 aliphatic heterocycles. The molecule has 0 saturated carbocycles. The maximum Gasteiger partial charge on any atom is 0.260 e. The lowest BCUT2D eigenvalue weighted by Gasteiger charge is -2.10. The summed E-state index contributed by atoms with van der Waals surface area (Å²) in [5, 5.41) is 13.4. The molecule has 19 heavy (non-hydrogen) atoms. The molecule has 98 valence electrons. The molecular formula is C13H15N5O. The largest absolute Gasteiger partial charge is 0.384 e. The van der Waals surface area contributed by atoms with Crippen molar-refractivity contribution in [3.05, 3.63) is 42.4 Å². The van der Waals surface area contributed by atoms with E-state index in [9.17, 15) is 4.79 Å². The Labute approximate surface area is 111 Å². The number of aromatic nitrogens is 3. The third-order valence-corrected chi connectivity index (χ3v) is 2.45. The predicted octanol–water partition coefficient (Wildman–Crippen LogP) is 1.95. The van der Waals surface area contributed by atoms with Crippen LogP contribution in [0.25, 0.3) is 0 Å². The molecule has 2 N–H and O–H groups in total. The molecule has 0 saturated heterocycles. The van der Waals surface area contributed by atoms with E-state index in [1.54, 1.807) is 30.6 Å². The van der Waals surface area contributed by atoms with E-state index in [1.165, 1.54) is 6.20 Å². The Morgan fingerprint density at radius 1 is 1.32 bits per heavy atom. The Balaban J connectivity index is 2.14. The summed E-state index contributed by atoms with van der Waals surface area (Å²) in [5.41, 5.74) is 1.25. The van der Waals surface area contributed by atoms with Crippen molar-refractivity contribution < 1.29 is 4.79 Å². The average molecular weight is 257 g/mol. The molecule has 0 aliphatic carbocycles. The first-order valence-electron chi connectivity index (χ1n) is 6.08. The van der Waals surface area contributed by atoms with Crippen LogP contribution in [0.1, 0.15) is 23.7 Å². The third-order valence-electron chi connectivity index (χ3n) is 2.45. The highest BCUT2D eigenvalue weighted by molar-refractivity contribution is 6.07. The minimum Gasteiger partial charge on any atom is -0.384 e. The van der Waals surface area contributed by atoms with E-state index >= 15 is 0 Å². The normalized spacial score (nSPS) is 9.95. The van der Waals surface area contributed by atoms with Gasteiger partial charge in [-0.3, -0.25) is 9.78 Å². The molecule has 6 heteroatoms. The molecule has 0 atom stereocenters. The van der Waals surface area contributed by atoms with Gasteiger partial charge in [0.25, 0.3) is 5.91 Å². The molecule has 2 rings (SSSR count). The SMILES string of the molecule is CCCNc1ccncc1C(=O)Nc1cccnn1. The van der Waals surface area contributed by atoms with Crippen LogP contribution in [-0.2, 0) is 0 Å². The minimum atomic E-state index is -0.257. The van der Waals surface area contributed by atoms with Gasteiger partial charge < -0.3 is 10.6 Å². The second-order valence-electron chi connectivity index (χ2n) is 3.91. The summed E-state index contributed by atoms with van der Waals surface area (Å²) >= 11 is 0. The summed E-state index contributed by atoms with van der Waals surface area (Å²) in [6.45, 7) is 2.86. The summed E-state index contributed by atoms with van der Waals surface area (Å²) in [4.78, 5) is 16.1. The van der Waals surface area contributed by atoms with Crippen LogP contribution in [-0.4, -0.2) is 27.6 Å². The molecule has 2 heterocycles. The van der Waals surface area contributed by atoms with Crippen molar-refractivity contribution in [3.8, 4) is 0 Å². The van der Waals surface area contributed by atoms with E-state index in [2.05, 4.69) is 32.7 Å². The highest BCUT2D eigenvalue weighted by Crippen LogP contribution is 2.15. The second-order valence-corrected chi connectivity index (χ2v) is 3.91. The number of anilines is 2. The van der Waals surface area contributed by atoms with Gasteiger partial charge in [0.15, 0.2) is 5.82 Å². The molecule has 0 bridgehead atoms. The zero-order valence-electron chi connectivity index (χ0n) is 10.6. The minimum absolute atomic E-state index is 0.257. The lowest BCUT2D eigenvalue weighted by Crippen LogP contribution is -2.16. The van der Waals surface area contributed by atoms with Gasteiger partial charge in [-0.15, -0.1) is 5.10 Å². The van der Waals surface area contributed by atoms with Crippen LogP contribution in [0.5, 0.6) is 0 Å². The maximum atomic E-state index is 12.1. The zero-order chi connectivity index (χ0) is 13.5. The number of carbonyl (C=O) groups is 1. The van der Waals surface area contributed by atoms with Gasteiger partial charge in [-0.1, -0.05) is 6.92 Å². The van der Waals surface area contributed by atoms with Gasteiger partial charge in [-0.2, -0.15) is 5.10 Å². The molecule has 0 unspecified atom stereocenters. The smallest absolute Gasteiger partial charge is 0.260 e. The lowest BCUT2D eigenvalue weighted by molar-refractivity contribution is 0.102. The molecular weight excluding hydrogens is 242 g/mol. The summed E-state index contributed by atoms with van der Waals surface area (Å²) in [7, 11) is 0. The Morgan fingerprint density at radius 2 is 2.21 bits per heavy atom. The van der Waals surface area contributed by atoms with Gasteiger partial charge >= 0.3 is 0 Å². The fraction of sp³-hybridized carbons (Fsp3) is 0.231. The first-order chi connectivity index (χ1) is 9.31. The number of pyridine rings is 1. The molecule has 0 spiro atoms. The number of nitrogens with zero attached hydrogens (tertiary/aromatic N) is 3. The Hall–Kier alpha value is -2.50. The van der Waals surface area contributed by atoms with Crippen LogP contribution in [0.3, 0.4) is 0 Å². The van der Waals surface area contributed by atoms with Gasteiger partial charge in [0, 0.05) is 25.1 Å². The van der Waals surface area contributed by atoms with Crippen LogP contribution < -0.4 is 10.6 Å². The van der Waals surface area contributed by atoms with Gasteiger partial charge in [0.05, 0.1) is 11.3 Å². The molecule has 0 radical (unpaired) electrons. The Kier molecular flexibility index (Phi) is 4.39. The second kappa shape index (κ2) is 6.44. The Bertz CT molecular complexity index is 544. The van der Waals surface area contributed by atoms with Crippen LogP contribution in [0.4, 0.5) is 11.5 Å². The van der Waals surface area contributed by atoms with E-state index in [4.69, 9.17) is 0 Å². The van der Waals surface area contributed by atoms with Crippen LogP contribution in [0, 0.1) is 0 Å². The van der Waals surface area contributed by atoms with Crippen molar-refractivity contribution in [2.24, 2.45) is 0 Å². The summed E-state index contributed by atoms with van der Waals surface area (Å²) in [6.07, 6.45) is 5.71. The van der Waals surface area contributed by atoms with Crippen LogP contribution >= 0.6 is 0 Å². The first-order valence-corrected chi connectivity index (χ1v) is 6.08.